The Bertz CT molecular complexity index is 698. The smallest absolute Gasteiger partial charge is 0.407 e. The fraction of sp³-hybridized carbons (Fsp3) is 0.400. The lowest BCUT2D eigenvalue weighted by Gasteiger charge is -2.31. The van der Waals surface area contributed by atoms with Crippen molar-refractivity contribution in [3.8, 4) is 11.5 Å². The van der Waals surface area contributed by atoms with Crippen molar-refractivity contribution in [2.45, 2.75) is 18.9 Å². The van der Waals surface area contributed by atoms with Crippen LogP contribution in [-0.4, -0.2) is 44.5 Å². The molecule has 1 aromatic heterocycles. The van der Waals surface area contributed by atoms with Gasteiger partial charge in [0.05, 0.1) is 0 Å². The predicted octanol–water partition coefficient (Wildman–Crippen LogP) is 2.81. The van der Waals surface area contributed by atoms with Crippen LogP contribution in [0.25, 0.3) is 11.5 Å². The zero-order valence-corrected chi connectivity index (χ0v) is 13.0. The number of hydrogen-bond acceptors (Lipinski definition) is 5. The summed E-state index contributed by atoms with van der Waals surface area (Å²) in [5, 5.41) is 27.8. The molecule has 0 spiro atoms. The normalized spacial score (nSPS) is 17.2. The summed E-state index contributed by atoms with van der Waals surface area (Å²) in [6.45, 7) is 0.790. The second-order valence-corrected chi connectivity index (χ2v) is 5.94. The molecule has 8 heteroatoms. The molecule has 0 saturated carbocycles. The second kappa shape index (κ2) is 6.55. The molecule has 0 bridgehead atoms. The Balaban J connectivity index is 1.69. The van der Waals surface area contributed by atoms with E-state index in [4.69, 9.17) is 21.1 Å². The third kappa shape index (κ3) is 3.46. The zero-order chi connectivity index (χ0) is 16.4. The van der Waals surface area contributed by atoms with Crippen molar-refractivity contribution in [3.63, 3.8) is 0 Å². The van der Waals surface area contributed by atoms with Gasteiger partial charge in [0.15, 0.2) is 0 Å². The first-order chi connectivity index (χ1) is 11.0. The fourth-order valence-electron chi connectivity index (χ4n) is 2.70. The van der Waals surface area contributed by atoms with Gasteiger partial charge in [0.25, 0.3) is 0 Å². The molecule has 1 atom stereocenters. The molecule has 1 aliphatic rings. The summed E-state index contributed by atoms with van der Waals surface area (Å²) < 4.78 is 5.55. The third-order valence-corrected chi connectivity index (χ3v) is 4.26. The van der Waals surface area contributed by atoms with Crippen LogP contribution in [0.4, 0.5) is 4.79 Å². The first-order valence-electron chi connectivity index (χ1n) is 7.30. The minimum Gasteiger partial charge on any atom is -0.465 e. The number of piperidine rings is 1. The van der Waals surface area contributed by atoms with Gasteiger partial charge in [-0.05, 0) is 37.0 Å². The number of benzene rings is 1. The summed E-state index contributed by atoms with van der Waals surface area (Å²) in [5.41, 5.74) is 0.684. The zero-order valence-electron chi connectivity index (χ0n) is 12.2. The van der Waals surface area contributed by atoms with Gasteiger partial charge in [0.2, 0.25) is 11.8 Å². The molecular weight excluding hydrogens is 322 g/mol. The fourth-order valence-corrected chi connectivity index (χ4v) is 2.89. The molecule has 122 valence electrons. The number of amides is 1. The minimum atomic E-state index is -0.932. The molecule has 2 N–H and O–H groups in total. The first kappa shape index (κ1) is 15.8. The van der Waals surface area contributed by atoms with E-state index in [9.17, 15) is 9.90 Å². The molecule has 1 unspecified atom stereocenters. The number of aliphatic hydroxyl groups is 1. The van der Waals surface area contributed by atoms with Crippen LogP contribution in [0, 0.1) is 5.92 Å². The van der Waals surface area contributed by atoms with Crippen molar-refractivity contribution in [2.75, 3.05) is 13.1 Å². The summed E-state index contributed by atoms with van der Waals surface area (Å²) in [5.74, 6) is 0.344. The number of carbonyl (C=O) groups is 1. The van der Waals surface area contributed by atoms with Gasteiger partial charge in [-0.15, -0.1) is 10.2 Å². The highest BCUT2D eigenvalue weighted by atomic mass is 35.5. The van der Waals surface area contributed by atoms with E-state index in [1.54, 1.807) is 24.3 Å². The van der Waals surface area contributed by atoms with E-state index >= 15 is 0 Å². The molecule has 0 radical (unpaired) electrons. The van der Waals surface area contributed by atoms with Gasteiger partial charge >= 0.3 is 6.09 Å². The Hall–Kier alpha value is -2.12. The van der Waals surface area contributed by atoms with Crippen molar-refractivity contribution >= 4 is 17.7 Å². The number of carboxylic acid groups (broad SMARTS) is 1. The van der Waals surface area contributed by atoms with Crippen molar-refractivity contribution in [3.05, 3.63) is 35.2 Å². The van der Waals surface area contributed by atoms with Crippen LogP contribution in [0.3, 0.4) is 0 Å². The van der Waals surface area contributed by atoms with E-state index in [-0.39, 0.29) is 11.8 Å². The van der Waals surface area contributed by atoms with Crippen molar-refractivity contribution in [1.82, 2.24) is 15.1 Å². The van der Waals surface area contributed by atoms with Crippen LogP contribution in [0.1, 0.15) is 24.8 Å². The summed E-state index contributed by atoms with van der Waals surface area (Å²) in [6, 6.07) is 7.02. The monoisotopic (exact) mass is 337 g/mol. The Labute approximate surface area is 137 Å². The number of aliphatic hydroxyl groups excluding tert-OH is 1. The number of aromatic nitrogens is 2. The summed E-state index contributed by atoms with van der Waals surface area (Å²) >= 11 is 5.93. The Morgan fingerprint density at radius 2 is 2.09 bits per heavy atom. The molecule has 3 rings (SSSR count). The van der Waals surface area contributed by atoms with Crippen LogP contribution in [0.2, 0.25) is 5.02 Å². The molecule has 1 aliphatic heterocycles. The van der Waals surface area contributed by atoms with E-state index in [0.717, 1.165) is 0 Å². The van der Waals surface area contributed by atoms with Crippen LogP contribution in [0.15, 0.2) is 28.7 Å². The number of likely N-dealkylation sites (tertiary alicyclic amines) is 1. The highest BCUT2D eigenvalue weighted by molar-refractivity contribution is 6.30. The molecular formula is C15H16ClN3O4. The largest absolute Gasteiger partial charge is 0.465 e. The van der Waals surface area contributed by atoms with E-state index < -0.39 is 12.2 Å². The van der Waals surface area contributed by atoms with Gasteiger partial charge in [-0.1, -0.05) is 17.7 Å². The average molecular weight is 338 g/mol. The first-order valence-corrected chi connectivity index (χ1v) is 7.67. The average Bonchev–Trinajstić information content (AvgIpc) is 3.04. The van der Waals surface area contributed by atoms with Crippen LogP contribution >= 0.6 is 11.6 Å². The summed E-state index contributed by atoms with van der Waals surface area (Å²) in [6.07, 6.45) is -0.713. The Morgan fingerprint density at radius 1 is 1.35 bits per heavy atom. The lowest BCUT2D eigenvalue weighted by Crippen LogP contribution is -2.38. The Morgan fingerprint density at radius 3 is 2.74 bits per heavy atom. The van der Waals surface area contributed by atoms with E-state index in [2.05, 4.69) is 10.2 Å². The third-order valence-electron chi connectivity index (χ3n) is 4.02. The maximum Gasteiger partial charge on any atom is 0.407 e. The van der Waals surface area contributed by atoms with Crippen molar-refractivity contribution in [2.24, 2.45) is 5.92 Å². The van der Waals surface area contributed by atoms with Crippen LogP contribution in [-0.2, 0) is 0 Å². The lowest BCUT2D eigenvalue weighted by molar-refractivity contribution is 0.0409. The SMILES string of the molecule is O=C(O)N1CCC(C(O)c2nnc(-c3cccc(Cl)c3)o2)CC1. The van der Waals surface area contributed by atoms with Crippen LogP contribution in [0.5, 0.6) is 0 Å². The molecule has 1 fully saturated rings. The van der Waals surface area contributed by atoms with Crippen molar-refractivity contribution < 1.29 is 19.4 Å². The second-order valence-electron chi connectivity index (χ2n) is 5.51. The molecule has 1 aromatic carbocycles. The molecule has 7 nitrogen and oxygen atoms in total. The van der Waals surface area contributed by atoms with Gasteiger partial charge in [-0.3, -0.25) is 0 Å². The molecule has 2 heterocycles. The summed E-state index contributed by atoms with van der Waals surface area (Å²) in [7, 11) is 0. The van der Waals surface area contributed by atoms with Gasteiger partial charge in [0, 0.05) is 23.7 Å². The molecule has 0 aliphatic carbocycles. The van der Waals surface area contributed by atoms with Gasteiger partial charge in [-0.25, -0.2) is 4.79 Å². The highest BCUT2D eigenvalue weighted by Crippen LogP contribution is 2.31. The number of rotatable bonds is 3. The quantitative estimate of drug-likeness (QED) is 0.893. The maximum absolute atomic E-state index is 10.9. The van der Waals surface area contributed by atoms with E-state index in [1.165, 1.54) is 4.90 Å². The molecule has 1 amide bonds. The Kier molecular flexibility index (Phi) is 4.49. The molecule has 2 aromatic rings. The van der Waals surface area contributed by atoms with Crippen molar-refractivity contribution in [1.29, 1.82) is 0 Å². The topological polar surface area (TPSA) is 99.7 Å². The van der Waals surface area contributed by atoms with E-state index in [0.29, 0.717) is 42.4 Å². The number of hydrogen-bond donors (Lipinski definition) is 2. The van der Waals surface area contributed by atoms with E-state index in [1.807, 2.05) is 0 Å². The highest BCUT2D eigenvalue weighted by Gasteiger charge is 2.31. The minimum absolute atomic E-state index is 0.0988. The van der Waals surface area contributed by atoms with Gasteiger partial charge in [0.1, 0.15) is 6.10 Å². The van der Waals surface area contributed by atoms with Crippen LogP contribution < -0.4 is 0 Å². The molecule has 1 saturated heterocycles. The molecule has 23 heavy (non-hydrogen) atoms. The maximum atomic E-state index is 10.9. The summed E-state index contributed by atoms with van der Waals surface area (Å²) in [4.78, 5) is 12.2. The van der Waals surface area contributed by atoms with Gasteiger partial charge in [-0.2, -0.15) is 0 Å². The standard InChI is InChI=1S/C15H16ClN3O4/c16-11-3-1-2-10(8-11)13-17-18-14(23-13)12(20)9-4-6-19(7-5-9)15(21)22/h1-3,8-9,12,20H,4-7H2,(H,21,22). The van der Waals surface area contributed by atoms with Gasteiger partial charge < -0.3 is 19.5 Å². The predicted molar refractivity (Wildman–Crippen MR) is 82.0 cm³/mol. The number of halogens is 1. The lowest BCUT2D eigenvalue weighted by atomic mass is 9.91. The number of nitrogens with zero attached hydrogens (tertiary/aromatic N) is 3.